The molecule has 1 atom stereocenters. The van der Waals surface area contributed by atoms with Crippen LogP contribution < -0.4 is 4.43 Å². The van der Waals surface area contributed by atoms with E-state index in [1.807, 2.05) is 13.0 Å². The van der Waals surface area contributed by atoms with Crippen molar-refractivity contribution in [3.05, 3.63) is 59.7 Å². The molecule has 1 N–H and O–H groups in total. The Morgan fingerprint density at radius 3 is 2.25 bits per heavy atom. The van der Waals surface area contributed by atoms with E-state index in [4.69, 9.17) is 8.61 Å². The first kappa shape index (κ1) is 22.6. The van der Waals surface area contributed by atoms with E-state index in [9.17, 15) is 13.5 Å². The normalized spacial score (nSPS) is 14.0. The van der Waals surface area contributed by atoms with Crippen molar-refractivity contribution < 1.29 is 22.1 Å². The van der Waals surface area contributed by atoms with Gasteiger partial charge in [-0.05, 0) is 54.9 Å². The van der Waals surface area contributed by atoms with Crippen molar-refractivity contribution >= 4 is 18.4 Å². The minimum atomic E-state index is -3.92. The summed E-state index contributed by atoms with van der Waals surface area (Å²) >= 11 is 0. The smallest absolute Gasteiger partial charge is 0.297 e. The molecule has 0 bridgehead atoms. The first-order chi connectivity index (χ1) is 12.8. The van der Waals surface area contributed by atoms with Crippen LogP contribution in [-0.2, 0) is 14.3 Å². The molecule has 0 saturated carbocycles. The molecule has 0 spiro atoms. The summed E-state index contributed by atoms with van der Waals surface area (Å²) < 4.78 is 35.9. The van der Waals surface area contributed by atoms with Crippen LogP contribution in [0.1, 0.15) is 38.0 Å². The van der Waals surface area contributed by atoms with Crippen LogP contribution in [-0.4, -0.2) is 28.4 Å². The standard InChI is InChI=1S/C21H30O5SSi/c1-16-10-12-19(13-11-16)27(23,24)25-15-20(22)17-8-7-9-18(14-17)26-28(5,6)21(2,3)4/h7-14,20,22H,15H2,1-6H3/t20-/m0/s1. The second-order valence-corrected chi connectivity index (χ2v) is 14.8. The van der Waals surface area contributed by atoms with Crippen molar-refractivity contribution in [3.63, 3.8) is 0 Å². The minimum absolute atomic E-state index is 0.0485. The Balaban J connectivity index is 2.09. The van der Waals surface area contributed by atoms with Gasteiger partial charge in [-0.15, -0.1) is 0 Å². The highest BCUT2D eigenvalue weighted by atomic mass is 32.2. The summed E-state index contributed by atoms with van der Waals surface area (Å²) in [7, 11) is -5.93. The molecule has 0 fully saturated rings. The van der Waals surface area contributed by atoms with Crippen molar-refractivity contribution in [2.45, 2.75) is 56.8 Å². The van der Waals surface area contributed by atoms with Gasteiger partial charge in [0.05, 0.1) is 11.5 Å². The van der Waals surface area contributed by atoms with Crippen LogP contribution in [0.2, 0.25) is 18.1 Å². The second-order valence-electron chi connectivity index (χ2n) is 8.50. The van der Waals surface area contributed by atoms with E-state index in [0.717, 1.165) is 5.56 Å². The van der Waals surface area contributed by atoms with Gasteiger partial charge in [0.15, 0.2) is 0 Å². The molecular weight excluding hydrogens is 392 g/mol. The lowest BCUT2D eigenvalue weighted by Gasteiger charge is -2.36. The highest BCUT2D eigenvalue weighted by molar-refractivity contribution is 7.86. The molecule has 0 aromatic heterocycles. The lowest BCUT2D eigenvalue weighted by Crippen LogP contribution is -2.43. The zero-order valence-electron chi connectivity index (χ0n) is 17.4. The largest absolute Gasteiger partial charge is 0.543 e. The van der Waals surface area contributed by atoms with Crippen LogP contribution in [0.3, 0.4) is 0 Å². The van der Waals surface area contributed by atoms with Crippen molar-refractivity contribution in [3.8, 4) is 5.75 Å². The van der Waals surface area contributed by atoms with Gasteiger partial charge in [-0.1, -0.05) is 50.6 Å². The van der Waals surface area contributed by atoms with Crippen LogP contribution in [0.15, 0.2) is 53.4 Å². The molecule has 0 amide bonds. The molecule has 0 unspecified atom stereocenters. The molecule has 2 aromatic rings. The third kappa shape index (κ3) is 5.67. The highest BCUT2D eigenvalue weighted by Crippen LogP contribution is 2.37. The Bertz CT molecular complexity index is 899. The maximum atomic E-state index is 12.3. The quantitative estimate of drug-likeness (QED) is 0.512. The van der Waals surface area contributed by atoms with Crippen molar-refractivity contribution in [1.82, 2.24) is 0 Å². The molecule has 0 saturated heterocycles. The van der Waals surface area contributed by atoms with Crippen LogP contribution in [0.5, 0.6) is 5.75 Å². The molecule has 154 valence electrons. The second kappa shape index (κ2) is 8.37. The van der Waals surface area contributed by atoms with E-state index >= 15 is 0 Å². The van der Waals surface area contributed by atoms with Gasteiger partial charge in [-0.25, -0.2) is 0 Å². The van der Waals surface area contributed by atoms with E-state index in [0.29, 0.717) is 11.3 Å². The zero-order chi connectivity index (χ0) is 21.2. The first-order valence-electron chi connectivity index (χ1n) is 9.25. The van der Waals surface area contributed by atoms with Gasteiger partial charge in [0.1, 0.15) is 11.9 Å². The third-order valence-electron chi connectivity index (χ3n) is 5.11. The molecule has 0 aliphatic heterocycles. The number of hydrogen-bond acceptors (Lipinski definition) is 5. The average Bonchev–Trinajstić information content (AvgIpc) is 2.59. The van der Waals surface area contributed by atoms with Gasteiger partial charge >= 0.3 is 0 Å². The van der Waals surface area contributed by atoms with Gasteiger partial charge in [0.25, 0.3) is 10.1 Å². The summed E-state index contributed by atoms with van der Waals surface area (Å²) in [5.74, 6) is 0.671. The Morgan fingerprint density at radius 2 is 1.68 bits per heavy atom. The molecule has 2 rings (SSSR count). The lowest BCUT2D eigenvalue weighted by molar-refractivity contribution is 0.111. The molecular formula is C21H30O5SSi. The Kier molecular flexibility index (Phi) is 6.76. The van der Waals surface area contributed by atoms with Crippen LogP contribution in [0.4, 0.5) is 0 Å². The zero-order valence-corrected chi connectivity index (χ0v) is 19.2. The van der Waals surface area contributed by atoms with Crippen LogP contribution in [0.25, 0.3) is 0 Å². The van der Waals surface area contributed by atoms with Gasteiger partial charge in [0, 0.05) is 0 Å². The molecule has 2 aromatic carbocycles. The van der Waals surface area contributed by atoms with Crippen molar-refractivity contribution in [2.75, 3.05) is 6.61 Å². The van der Waals surface area contributed by atoms with Gasteiger partial charge < -0.3 is 9.53 Å². The molecule has 28 heavy (non-hydrogen) atoms. The van der Waals surface area contributed by atoms with E-state index in [-0.39, 0.29) is 16.5 Å². The Labute approximate surface area is 169 Å². The first-order valence-corrected chi connectivity index (χ1v) is 13.6. The number of benzene rings is 2. The molecule has 0 radical (unpaired) electrons. The Morgan fingerprint density at radius 1 is 1.07 bits per heavy atom. The summed E-state index contributed by atoms with van der Waals surface area (Å²) in [4.78, 5) is 0.0697. The fourth-order valence-electron chi connectivity index (χ4n) is 2.26. The molecule has 0 aliphatic rings. The monoisotopic (exact) mass is 422 g/mol. The summed E-state index contributed by atoms with van der Waals surface area (Å²) in [6.07, 6.45) is -1.08. The fraction of sp³-hybridized carbons (Fsp3) is 0.429. The molecule has 0 aliphatic carbocycles. The van der Waals surface area contributed by atoms with Gasteiger partial charge in [-0.3, -0.25) is 4.18 Å². The average molecular weight is 423 g/mol. The lowest BCUT2D eigenvalue weighted by atomic mass is 10.1. The molecule has 5 nitrogen and oxygen atoms in total. The summed E-state index contributed by atoms with van der Waals surface area (Å²) in [5, 5.41) is 10.5. The van der Waals surface area contributed by atoms with Crippen LogP contribution in [0, 0.1) is 6.92 Å². The predicted octanol–water partition coefficient (Wildman–Crippen LogP) is 4.82. The topological polar surface area (TPSA) is 72.8 Å². The summed E-state index contributed by atoms with van der Waals surface area (Å²) in [6.45, 7) is 12.3. The number of hydrogen-bond donors (Lipinski definition) is 1. The minimum Gasteiger partial charge on any atom is -0.543 e. The maximum absolute atomic E-state index is 12.3. The fourth-order valence-corrected chi connectivity index (χ4v) is 4.19. The van der Waals surface area contributed by atoms with Gasteiger partial charge in [0.2, 0.25) is 8.32 Å². The molecule has 7 heteroatoms. The van der Waals surface area contributed by atoms with E-state index in [2.05, 4.69) is 33.9 Å². The van der Waals surface area contributed by atoms with E-state index in [1.54, 1.807) is 30.3 Å². The van der Waals surface area contributed by atoms with Crippen molar-refractivity contribution in [2.24, 2.45) is 0 Å². The van der Waals surface area contributed by atoms with Crippen molar-refractivity contribution in [1.29, 1.82) is 0 Å². The van der Waals surface area contributed by atoms with Crippen LogP contribution >= 0.6 is 0 Å². The van der Waals surface area contributed by atoms with Gasteiger partial charge in [-0.2, -0.15) is 8.42 Å². The summed E-state index contributed by atoms with van der Waals surface area (Å²) in [5.41, 5.74) is 1.51. The maximum Gasteiger partial charge on any atom is 0.297 e. The Hall–Kier alpha value is -1.67. The number of aliphatic hydroxyl groups is 1. The number of aliphatic hydroxyl groups excluding tert-OH is 1. The van der Waals surface area contributed by atoms with E-state index in [1.165, 1.54) is 12.1 Å². The number of rotatable bonds is 7. The SMILES string of the molecule is Cc1ccc(S(=O)(=O)OC[C@H](O)c2cccc(O[Si](C)(C)C(C)(C)C)c2)cc1. The summed E-state index contributed by atoms with van der Waals surface area (Å²) in [6, 6.07) is 13.5. The predicted molar refractivity (Wildman–Crippen MR) is 114 cm³/mol. The van der Waals surface area contributed by atoms with E-state index < -0.39 is 24.5 Å². The highest BCUT2D eigenvalue weighted by Gasteiger charge is 2.39. The number of aryl methyl sites for hydroxylation is 1. The molecule has 0 heterocycles. The third-order valence-corrected chi connectivity index (χ3v) is 10.8.